The minimum atomic E-state index is 0.652. The number of thiophene rings is 1. The van der Waals surface area contributed by atoms with Gasteiger partial charge in [0.15, 0.2) is 5.58 Å². The summed E-state index contributed by atoms with van der Waals surface area (Å²) < 4.78 is 8.70. The number of rotatable bonds is 6. The van der Waals surface area contributed by atoms with Crippen LogP contribution in [0.2, 0.25) is 0 Å². The largest absolute Gasteiger partial charge is 0.436 e. The van der Waals surface area contributed by atoms with Crippen molar-refractivity contribution < 1.29 is 4.42 Å². The number of anilines is 3. The summed E-state index contributed by atoms with van der Waals surface area (Å²) in [6, 6.07) is 64.7. The lowest BCUT2D eigenvalue weighted by Gasteiger charge is -2.26. The highest BCUT2D eigenvalue weighted by Gasteiger charge is 2.16. The molecule has 0 aliphatic rings. The van der Waals surface area contributed by atoms with Crippen LogP contribution in [0, 0.1) is 0 Å². The van der Waals surface area contributed by atoms with Crippen LogP contribution in [0.25, 0.3) is 75.8 Å². The van der Waals surface area contributed by atoms with Crippen LogP contribution < -0.4 is 4.90 Å². The van der Waals surface area contributed by atoms with Gasteiger partial charge in [-0.15, -0.1) is 11.3 Å². The molecule has 3 nitrogen and oxygen atoms in total. The zero-order chi connectivity index (χ0) is 33.7. The summed E-state index contributed by atoms with van der Waals surface area (Å²) >= 11 is 1.80. The molecule has 0 radical (unpaired) electrons. The highest BCUT2D eigenvalue weighted by Crippen LogP contribution is 2.41. The average molecular weight is 671 g/mol. The molecule has 8 aromatic carbocycles. The lowest BCUT2D eigenvalue weighted by Crippen LogP contribution is -2.09. The van der Waals surface area contributed by atoms with E-state index in [1.54, 1.807) is 11.3 Å². The van der Waals surface area contributed by atoms with Crippen molar-refractivity contribution >= 4 is 70.4 Å². The lowest BCUT2D eigenvalue weighted by atomic mass is 9.98. The maximum Gasteiger partial charge on any atom is 0.227 e. The van der Waals surface area contributed by atoms with E-state index >= 15 is 0 Å². The van der Waals surface area contributed by atoms with Crippen LogP contribution in [-0.2, 0) is 0 Å². The zero-order valence-corrected chi connectivity index (χ0v) is 28.3. The van der Waals surface area contributed by atoms with Gasteiger partial charge in [-0.1, -0.05) is 109 Å². The van der Waals surface area contributed by atoms with Gasteiger partial charge in [0.05, 0.1) is 0 Å². The molecule has 4 heteroatoms. The molecule has 0 unspecified atom stereocenters. The van der Waals surface area contributed by atoms with Crippen molar-refractivity contribution in [1.29, 1.82) is 0 Å². The number of oxazole rings is 1. The predicted octanol–water partition coefficient (Wildman–Crippen LogP) is 13.8. The SMILES string of the molecule is c1ccc(-c2nc3cc4sc5ccc(-c6ccc(N(c7ccccc7)c7ccc(-c8cccc9ccccc89)cc7)cc6)cc5c4cc3o2)cc1. The van der Waals surface area contributed by atoms with Crippen molar-refractivity contribution in [3.8, 4) is 33.7 Å². The van der Waals surface area contributed by atoms with Gasteiger partial charge in [0.1, 0.15) is 5.52 Å². The molecule has 10 aromatic rings. The van der Waals surface area contributed by atoms with E-state index in [4.69, 9.17) is 9.40 Å². The summed E-state index contributed by atoms with van der Waals surface area (Å²) in [4.78, 5) is 7.12. The maximum absolute atomic E-state index is 6.24. The van der Waals surface area contributed by atoms with E-state index < -0.39 is 0 Å². The molecular weight excluding hydrogens is 641 g/mol. The van der Waals surface area contributed by atoms with Gasteiger partial charge in [-0.3, -0.25) is 0 Å². The van der Waals surface area contributed by atoms with Crippen molar-refractivity contribution in [2.75, 3.05) is 4.90 Å². The minimum absolute atomic E-state index is 0.652. The third kappa shape index (κ3) is 5.25. The highest BCUT2D eigenvalue weighted by atomic mass is 32.1. The molecule has 0 saturated carbocycles. The second kappa shape index (κ2) is 12.1. The van der Waals surface area contributed by atoms with Gasteiger partial charge in [-0.25, -0.2) is 4.98 Å². The van der Waals surface area contributed by atoms with Gasteiger partial charge >= 0.3 is 0 Å². The number of hydrogen-bond acceptors (Lipinski definition) is 4. The molecule has 0 fully saturated rings. The van der Waals surface area contributed by atoms with Crippen molar-refractivity contribution in [2.45, 2.75) is 0 Å². The van der Waals surface area contributed by atoms with Crippen LogP contribution in [0.3, 0.4) is 0 Å². The van der Waals surface area contributed by atoms with Crippen LogP contribution in [0.15, 0.2) is 186 Å². The Hall–Kier alpha value is -6.49. The zero-order valence-electron chi connectivity index (χ0n) is 27.5. The van der Waals surface area contributed by atoms with E-state index in [0.29, 0.717) is 5.89 Å². The number of hydrogen-bond donors (Lipinski definition) is 0. The van der Waals surface area contributed by atoms with Crippen molar-refractivity contribution in [3.05, 3.63) is 182 Å². The molecule has 0 aliphatic heterocycles. The maximum atomic E-state index is 6.24. The number of para-hydroxylation sites is 1. The van der Waals surface area contributed by atoms with Crippen molar-refractivity contribution in [3.63, 3.8) is 0 Å². The van der Waals surface area contributed by atoms with Gasteiger partial charge in [-0.2, -0.15) is 0 Å². The summed E-state index contributed by atoms with van der Waals surface area (Å²) in [6.07, 6.45) is 0. The second-order valence-corrected chi connectivity index (χ2v) is 13.9. The first kappa shape index (κ1) is 29.4. The molecule has 2 heterocycles. The van der Waals surface area contributed by atoms with E-state index in [1.165, 1.54) is 53.2 Å². The fourth-order valence-electron chi connectivity index (χ4n) is 7.18. The Morgan fingerprint density at radius 1 is 0.431 bits per heavy atom. The summed E-state index contributed by atoms with van der Waals surface area (Å²) in [5.41, 5.74) is 10.8. The smallest absolute Gasteiger partial charge is 0.227 e. The molecule has 0 N–H and O–H groups in total. The molecular formula is C47H30N2OS. The molecule has 10 rings (SSSR count). The first-order chi connectivity index (χ1) is 25.2. The van der Waals surface area contributed by atoms with Crippen LogP contribution in [-0.4, -0.2) is 4.98 Å². The standard InChI is InChI=1S/C47H30N2OS/c1-3-11-34(12-4-1)47-48-43-30-46-42(29-44(43)50-47)41-28-35(22-27-45(41)51-46)31-18-23-37(24-19-31)49(36-14-5-2-6-15-36)38-25-20-33(21-26-38)40-17-9-13-32-10-7-8-16-39(32)40/h1-30H. The Bertz CT molecular complexity index is 2830. The third-order valence-corrected chi connectivity index (χ3v) is 10.8. The summed E-state index contributed by atoms with van der Waals surface area (Å²) in [6.45, 7) is 0. The third-order valence-electron chi connectivity index (χ3n) is 9.70. The van der Waals surface area contributed by atoms with Crippen LogP contribution >= 0.6 is 11.3 Å². The molecule has 51 heavy (non-hydrogen) atoms. The van der Waals surface area contributed by atoms with Crippen molar-refractivity contribution in [1.82, 2.24) is 4.98 Å². The number of aromatic nitrogens is 1. The second-order valence-electron chi connectivity index (χ2n) is 12.8. The fourth-order valence-corrected chi connectivity index (χ4v) is 8.28. The van der Waals surface area contributed by atoms with Crippen LogP contribution in [0.1, 0.15) is 0 Å². The Balaban J connectivity index is 0.996. The van der Waals surface area contributed by atoms with Gasteiger partial charge in [0.25, 0.3) is 0 Å². The van der Waals surface area contributed by atoms with Gasteiger partial charge in [0, 0.05) is 42.8 Å². The first-order valence-corrected chi connectivity index (χ1v) is 17.9. The topological polar surface area (TPSA) is 29.3 Å². The van der Waals surface area contributed by atoms with E-state index in [9.17, 15) is 0 Å². The molecule has 240 valence electrons. The average Bonchev–Trinajstić information content (AvgIpc) is 3.78. The molecule has 0 aliphatic carbocycles. The van der Waals surface area contributed by atoms with E-state index in [1.807, 2.05) is 30.3 Å². The summed E-state index contributed by atoms with van der Waals surface area (Å²) in [7, 11) is 0. The predicted molar refractivity (Wildman–Crippen MR) is 215 cm³/mol. The van der Waals surface area contributed by atoms with Gasteiger partial charge in [0.2, 0.25) is 5.89 Å². The number of nitrogens with zero attached hydrogens (tertiary/aromatic N) is 2. The van der Waals surface area contributed by atoms with Gasteiger partial charge < -0.3 is 9.32 Å². The molecule has 0 amide bonds. The Kier molecular flexibility index (Phi) is 7.00. The number of fused-ring (bicyclic) bond motifs is 5. The van der Waals surface area contributed by atoms with Crippen molar-refractivity contribution in [2.24, 2.45) is 0 Å². The molecule has 0 saturated heterocycles. The molecule has 2 aromatic heterocycles. The normalized spacial score (nSPS) is 11.5. The Morgan fingerprint density at radius 2 is 1.06 bits per heavy atom. The van der Waals surface area contributed by atoms with Crippen LogP contribution in [0.5, 0.6) is 0 Å². The van der Waals surface area contributed by atoms with Gasteiger partial charge in [-0.05, 0) is 106 Å². The highest BCUT2D eigenvalue weighted by molar-refractivity contribution is 7.25. The Morgan fingerprint density at radius 3 is 1.84 bits per heavy atom. The van der Waals surface area contributed by atoms with E-state index in [-0.39, 0.29) is 0 Å². The monoisotopic (exact) mass is 670 g/mol. The minimum Gasteiger partial charge on any atom is -0.436 e. The molecule has 0 bridgehead atoms. The first-order valence-electron chi connectivity index (χ1n) is 17.1. The van der Waals surface area contributed by atoms with E-state index in [2.05, 4.69) is 157 Å². The molecule has 0 spiro atoms. The fraction of sp³-hybridized carbons (Fsp3) is 0. The summed E-state index contributed by atoms with van der Waals surface area (Å²) in [5, 5.41) is 4.94. The lowest BCUT2D eigenvalue weighted by molar-refractivity contribution is 0.620. The van der Waals surface area contributed by atoms with E-state index in [0.717, 1.165) is 33.7 Å². The van der Waals surface area contributed by atoms with Crippen LogP contribution in [0.4, 0.5) is 17.1 Å². The molecule has 0 atom stereocenters. The number of benzene rings is 8. The Labute approximate surface area is 299 Å². The quantitative estimate of drug-likeness (QED) is 0.176. The summed E-state index contributed by atoms with van der Waals surface area (Å²) in [5.74, 6) is 0.652.